The molecule has 1 N–H and O–H groups in total. The van der Waals surface area contributed by atoms with Crippen LogP contribution in [0.25, 0.3) is 0 Å². The molecule has 190 valence electrons. The summed E-state index contributed by atoms with van der Waals surface area (Å²) in [6.45, 7) is 3.29. The van der Waals surface area contributed by atoms with Crippen molar-refractivity contribution in [3.63, 3.8) is 0 Å². The van der Waals surface area contributed by atoms with E-state index in [-0.39, 0.29) is 17.1 Å². The summed E-state index contributed by atoms with van der Waals surface area (Å²) >= 11 is 0. The Balaban J connectivity index is 1.24. The standard InChI is InChI=1S/C22H26F3N5O4S/c23-22(24,25)34-19-3-1-18(2-4-19)28-15-21(6-7-21)29(16-28)14-17-5-8-26-20(13-17)27-35(31,32)30-9-11-33-12-10-30/h1-5,8,13H,6-7,9-12,14-16H2,(H,26,27). The lowest BCUT2D eigenvalue weighted by Gasteiger charge is -2.26. The Bertz CT molecular complexity index is 1150. The summed E-state index contributed by atoms with van der Waals surface area (Å²) < 4.78 is 75.7. The molecule has 1 aliphatic carbocycles. The number of ether oxygens (including phenoxy) is 2. The first-order chi connectivity index (χ1) is 16.6. The highest BCUT2D eigenvalue weighted by Crippen LogP contribution is 2.48. The number of pyridine rings is 1. The van der Waals surface area contributed by atoms with Crippen molar-refractivity contribution in [2.24, 2.45) is 0 Å². The maximum atomic E-state index is 12.7. The summed E-state index contributed by atoms with van der Waals surface area (Å²) in [5.74, 6) is 0.0115. The van der Waals surface area contributed by atoms with Crippen LogP contribution >= 0.6 is 0 Å². The third-order valence-corrected chi connectivity index (χ3v) is 8.01. The van der Waals surface area contributed by atoms with E-state index in [0.717, 1.165) is 30.6 Å². The van der Waals surface area contributed by atoms with Crippen LogP contribution in [0.4, 0.5) is 24.7 Å². The molecule has 3 heterocycles. The quantitative estimate of drug-likeness (QED) is 0.609. The maximum absolute atomic E-state index is 12.7. The molecule has 0 bridgehead atoms. The van der Waals surface area contributed by atoms with Gasteiger partial charge in [-0.15, -0.1) is 13.2 Å². The number of rotatable bonds is 7. The van der Waals surface area contributed by atoms with Gasteiger partial charge in [0, 0.05) is 43.6 Å². The van der Waals surface area contributed by atoms with E-state index in [9.17, 15) is 21.6 Å². The van der Waals surface area contributed by atoms with Crippen molar-refractivity contribution in [1.29, 1.82) is 0 Å². The van der Waals surface area contributed by atoms with E-state index < -0.39 is 16.6 Å². The van der Waals surface area contributed by atoms with Crippen molar-refractivity contribution in [3.05, 3.63) is 48.2 Å². The first-order valence-corrected chi connectivity index (χ1v) is 12.7. The molecule has 0 unspecified atom stereocenters. The van der Waals surface area contributed by atoms with Gasteiger partial charge >= 0.3 is 16.6 Å². The van der Waals surface area contributed by atoms with Gasteiger partial charge in [0.15, 0.2) is 0 Å². The lowest BCUT2D eigenvalue weighted by atomic mass is 10.2. The number of benzene rings is 1. The number of nitrogens with zero attached hydrogens (tertiary/aromatic N) is 4. The molecule has 35 heavy (non-hydrogen) atoms. The van der Waals surface area contributed by atoms with Crippen LogP contribution in [0.5, 0.6) is 5.75 Å². The highest BCUT2D eigenvalue weighted by Gasteiger charge is 2.53. The normalized spacial score (nSPS) is 20.8. The Morgan fingerprint density at radius 3 is 2.49 bits per heavy atom. The lowest BCUT2D eigenvalue weighted by Crippen LogP contribution is -2.43. The fraction of sp³-hybridized carbons (Fsp3) is 0.500. The Morgan fingerprint density at radius 2 is 1.83 bits per heavy atom. The van der Waals surface area contributed by atoms with Crippen LogP contribution in [0.2, 0.25) is 0 Å². The first-order valence-electron chi connectivity index (χ1n) is 11.3. The molecule has 13 heteroatoms. The Labute approximate surface area is 201 Å². The molecule has 1 aromatic heterocycles. The molecular weight excluding hydrogens is 487 g/mol. The molecule has 0 radical (unpaired) electrons. The minimum Gasteiger partial charge on any atom is -0.406 e. The average Bonchev–Trinajstić information content (AvgIpc) is 3.50. The minimum atomic E-state index is -4.72. The number of hydrogen-bond donors (Lipinski definition) is 1. The second-order valence-electron chi connectivity index (χ2n) is 8.97. The van der Waals surface area contributed by atoms with E-state index in [1.807, 2.05) is 6.07 Å². The van der Waals surface area contributed by atoms with Crippen LogP contribution in [0.1, 0.15) is 18.4 Å². The summed E-state index contributed by atoms with van der Waals surface area (Å²) in [6.07, 6.45) is -1.08. The molecule has 2 saturated heterocycles. The molecule has 9 nitrogen and oxygen atoms in total. The van der Waals surface area contributed by atoms with Crippen molar-refractivity contribution in [1.82, 2.24) is 14.2 Å². The van der Waals surface area contributed by atoms with Gasteiger partial charge in [0.1, 0.15) is 11.6 Å². The number of aromatic nitrogens is 1. The Hall–Kier alpha value is -2.61. The molecule has 3 aliphatic rings. The highest BCUT2D eigenvalue weighted by molar-refractivity contribution is 7.90. The van der Waals surface area contributed by atoms with Gasteiger partial charge in [0.05, 0.1) is 19.9 Å². The van der Waals surface area contributed by atoms with Gasteiger partial charge in [-0.1, -0.05) is 0 Å². The third-order valence-electron chi connectivity index (χ3n) is 6.50. The van der Waals surface area contributed by atoms with Gasteiger partial charge in [-0.3, -0.25) is 9.62 Å². The average molecular weight is 514 g/mol. The van der Waals surface area contributed by atoms with Crippen molar-refractivity contribution in [2.75, 3.05) is 49.1 Å². The molecule has 3 fully saturated rings. The molecule has 1 aromatic carbocycles. The minimum absolute atomic E-state index is 0.0118. The van der Waals surface area contributed by atoms with Crippen molar-refractivity contribution in [2.45, 2.75) is 31.3 Å². The number of alkyl halides is 3. The second-order valence-corrected chi connectivity index (χ2v) is 10.6. The van der Waals surface area contributed by atoms with Crippen molar-refractivity contribution in [3.8, 4) is 5.75 Å². The van der Waals surface area contributed by atoms with Gasteiger partial charge in [-0.2, -0.15) is 12.7 Å². The van der Waals surface area contributed by atoms with E-state index in [4.69, 9.17) is 4.74 Å². The van der Waals surface area contributed by atoms with Crippen LogP contribution in [0.3, 0.4) is 0 Å². The summed E-state index contributed by atoms with van der Waals surface area (Å²) in [5, 5.41) is 0. The van der Waals surface area contributed by atoms with Gasteiger partial charge < -0.3 is 14.4 Å². The van der Waals surface area contributed by atoms with E-state index in [1.165, 1.54) is 16.4 Å². The molecule has 2 aromatic rings. The van der Waals surface area contributed by atoms with Crippen LogP contribution in [0, 0.1) is 0 Å². The number of morpholine rings is 1. The number of anilines is 2. The summed E-state index contributed by atoms with van der Waals surface area (Å²) in [7, 11) is -3.71. The molecule has 5 rings (SSSR count). The van der Waals surface area contributed by atoms with Crippen LogP contribution < -0.4 is 14.4 Å². The summed E-state index contributed by atoms with van der Waals surface area (Å²) in [6, 6.07) is 9.49. The molecule has 2 aliphatic heterocycles. The summed E-state index contributed by atoms with van der Waals surface area (Å²) in [4.78, 5) is 8.63. The largest absolute Gasteiger partial charge is 0.573 e. The third kappa shape index (κ3) is 5.63. The smallest absolute Gasteiger partial charge is 0.406 e. The first kappa shape index (κ1) is 24.1. The lowest BCUT2D eigenvalue weighted by molar-refractivity contribution is -0.274. The molecular formula is C22H26F3N5O4S. The van der Waals surface area contributed by atoms with Crippen LogP contribution in [-0.2, 0) is 21.5 Å². The van der Waals surface area contributed by atoms with Gasteiger partial charge in [0.2, 0.25) is 0 Å². The molecule has 1 saturated carbocycles. The summed E-state index contributed by atoms with van der Waals surface area (Å²) in [5.41, 5.74) is 1.75. The maximum Gasteiger partial charge on any atom is 0.573 e. The Kier molecular flexibility index (Phi) is 6.28. The predicted molar refractivity (Wildman–Crippen MR) is 122 cm³/mol. The molecule has 1 spiro atoms. The fourth-order valence-electron chi connectivity index (χ4n) is 4.56. The topological polar surface area (TPSA) is 87.2 Å². The van der Waals surface area contributed by atoms with E-state index in [0.29, 0.717) is 39.5 Å². The Morgan fingerprint density at radius 1 is 1.11 bits per heavy atom. The van der Waals surface area contributed by atoms with E-state index in [2.05, 4.69) is 24.2 Å². The molecule has 0 atom stereocenters. The van der Waals surface area contributed by atoms with Gasteiger partial charge in [-0.05, 0) is 54.8 Å². The predicted octanol–water partition coefficient (Wildman–Crippen LogP) is 2.78. The van der Waals surface area contributed by atoms with E-state index in [1.54, 1.807) is 24.4 Å². The second kappa shape index (κ2) is 9.12. The number of hydrogen-bond acceptors (Lipinski definition) is 7. The van der Waals surface area contributed by atoms with Gasteiger partial charge in [-0.25, -0.2) is 4.98 Å². The fourth-order valence-corrected chi connectivity index (χ4v) is 5.70. The zero-order chi connectivity index (χ0) is 24.7. The number of halogens is 3. The number of nitrogens with one attached hydrogen (secondary N) is 1. The van der Waals surface area contributed by atoms with Gasteiger partial charge in [0.25, 0.3) is 0 Å². The zero-order valence-corrected chi connectivity index (χ0v) is 19.7. The SMILES string of the molecule is O=S(=O)(Nc1cc(CN2CN(c3ccc(OC(F)(F)F)cc3)CC23CC3)ccn1)N1CCOCC1. The van der Waals surface area contributed by atoms with Crippen molar-refractivity contribution < 1.29 is 31.1 Å². The van der Waals surface area contributed by atoms with E-state index >= 15 is 0 Å². The van der Waals surface area contributed by atoms with Crippen LogP contribution in [-0.4, -0.2) is 74.0 Å². The zero-order valence-electron chi connectivity index (χ0n) is 18.9. The van der Waals surface area contributed by atoms with Crippen molar-refractivity contribution >= 4 is 21.7 Å². The monoisotopic (exact) mass is 513 g/mol. The van der Waals surface area contributed by atoms with Crippen LogP contribution in [0.15, 0.2) is 42.6 Å². The molecule has 0 amide bonds. The highest BCUT2D eigenvalue weighted by atomic mass is 32.2.